The standard InChI is InChI=1S/C6H6IN.C5H8/c7-5-3-1-2-4-6(5)8;1-4-5(2)3/h1-4H,8H2;1,5H,2-3H3. The van der Waals surface area contributed by atoms with Gasteiger partial charge < -0.3 is 5.73 Å². The molecule has 0 unspecified atom stereocenters. The maximum Gasteiger partial charge on any atom is 0.0449 e. The molecule has 0 aliphatic heterocycles. The topological polar surface area (TPSA) is 26.0 Å². The van der Waals surface area contributed by atoms with E-state index in [-0.39, 0.29) is 0 Å². The predicted octanol–water partition coefficient (Wildman–Crippen LogP) is 3.15. The molecule has 0 heterocycles. The minimum atomic E-state index is 0.412. The predicted molar refractivity (Wildman–Crippen MR) is 67.2 cm³/mol. The first-order valence-electron chi connectivity index (χ1n) is 4.04. The van der Waals surface area contributed by atoms with E-state index in [0.717, 1.165) is 9.26 Å². The molecule has 0 atom stereocenters. The van der Waals surface area contributed by atoms with Crippen LogP contribution in [0.1, 0.15) is 13.8 Å². The molecule has 2 N–H and O–H groups in total. The Morgan fingerprint density at radius 1 is 1.38 bits per heavy atom. The highest BCUT2D eigenvalue weighted by Gasteiger charge is 1.86. The number of nitrogen functional groups attached to an aromatic ring is 1. The smallest absolute Gasteiger partial charge is 0.0449 e. The molecule has 0 saturated heterocycles. The average Bonchev–Trinajstić information content (AvgIpc) is 2.11. The molecule has 13 heavy (non-hydrogen) atoms. The van der Waals surface area contributed by atoms with Crippen LogP contribution in [0.3, 0.4) is 0 Å². The number of hydrogen-bond donors (Lipinski definition) is 1. The summed E-state index contributed by atoms with van der Waals surface area (Å²) in [5.41, 5.74) is 6.37. The van der Waals surface area contributed by atoms with Crippen LogP contribution in [-0.2, 0) is 0 Å². The van der Waals surface area contributed by atoms with Crippen molar-refractivity contribution in [3.05, 3.63) is 27.8 Å². The largest absolute Gasteiger partial charge is 0.398 e. The molecule has 70 valence electrons. The lowest BCUT2D eigenvalue weighted by Gasteiger charge is -1.91. The van der Waals surface area contributed by atoms with Gasteiger partial charge in [-0.2, -0.15) is 0 Å². The molecule has 1 nitrogen and oxygen atoms in total. The number of halogens is 1. The van der Waals surface area contributed by atoms with Crippen molar-refractivity contribution in [1.82, 2.24) is 0 Å². The average molecular weight is 287 g/mol. The summed E-state index contributed by atoms with van der Waals surface area (Å²) in [6.45, 7) is 3.97. The van der Waals surface area contributed by atoms with E-state index in [1.165, 1.54) is 0 Å². The second-order valence-corrected chi connectivity index (χ2v) is 4.01. The zero-order valence-electron chi connectivity index (χ0n) is 7.92. The molecular formula is C11H14IN. The summed E-state index contributed by atoms with van der Waals surface area (Å²) in [5, 5.41) is 0. The Hall–Kier alpha value is -0.690. The molecule has 0 spiro atoms. The molecule has 0 aliphatic rings. The highest BCUT2D eigenvalue weighted by atomic mass is 127. The highest BCUT2D eigenvalue weighted by Crippen LogP contribution is 2.11. The van der Waals surface area contributed by atoms with Gasteiger partial charge in [-0.05, 0) is 34.7 Å². The number of hydrogen-bond acceptors (Lipinski definition) is 1. The van der Waals surface area contributed by atoms with Crippen LogP contribution in [0.25, 0.3) is 0 Å². The van der Waals surface area contributed by atoms with Crippen molar-refractivity contribution in [1.29, 1.82) is 0 Å². The van der Waals surface area contributed by atoms with Gasteiger partial charge in [-0.3, -0.25) is 0 Å². The van der Waals surface area contributed by atoms with Gasteiger partial charge in [-0.25, -0.2) is 0 Å². The van der Waals surface area contributed by atoms with Crippen molar-refractivity contribution in [3.63, 3.8) is 0 Å². The first-order chi connectivity index (χ1) is 6.07. The van der Waals surface area contributed by atoms with Crippen molar-refractivity contribution in [2.75, 3.05) is 5.73 Å². The molecule has 1 aromatic rings. The molecule has 1 aromatic carbocycles. The second-order valence-electron chi connectivity index (χ2n) is 2.84. The molecule has 0 bridgehead atoms. The lowest BCUT2D eigenvalue weighted by Crippen LogP contribution is -1.85. The van der Waals surface area contributed by atoms with Gasteiger partial charge in [0.15, 0.2) is 0 Å². The molecule has 0 saturated carbocycles. The molecule has 0 aromatic heterocycles. The van der Waals surface area contributed by atoms with Crippen LogP contribution < -0.4 is 5.73 Å². The van der Waals surface area contributed by atoms with E-state index in [0.29, 0.717) is 5.92 Å². The molecule has 2 heteroatoms. The van der Waals surface area contributed by atoms with Gasteiger partial charge in [0, 0.05) is 15.2 Å². The van der Waals surface area contributed by atoms with Gasteiger partial charge in [0.25, 0.3) is 0 Å². The maximum absolute atomic E-state index is 5.51. The van der Waals surface area contributed by atoms with Crippen LogP contribution in [0.5, 0.6) is 0 Å². The second kappa shape index (κ2) is 6.79. The third-order valence-electron chi connectivity index (χ3n) is 1.24. The summed E-state index contributed by atoms with van der Waals surface area (Å²) in [7, 11) is 0. The Balaban J connectivity index is 0.000000252. The summed E-state index contributed by atoms with van der Waals surface area (Å²) >= 11 is 2.20. The van der Waals surface area contributed by atoms with Crippen LogP contribution in [0.2, 0.25) is 0 Å². The molecular weight excluding hydrogens is 273 g/mol. The minimum Gasteiger partial charge on any atom is -0.398 e. The molecule has 0 fully saturated rings. The third kappa shape index (κ3) is 6.47. The van der Waals surface area contributed by atoms with Crippen molar-refractivity contribution in [2.45, 2.75) is 13.8 Å². The maximum atomic E-state index is 5.51. The molecule has 0 radical (unpaired) electrons. The molecule has 0 aliphatic carbocycles. The summed E-state index contributed by atoms with van der Waals surface area (Å²) in [6.07, 6.45) is 4.92. The third-order valence-corrected chi connectivity index (χ3v) is 2.22. The van der Waals surface area contributed by atoms with Gasteiger partial charge in [0.2, 0.25) is 0 Å². The quantitative estimate of drug-likeness (QED) is 0.443. The summed E-state index contributed by atoms with van der Waals surface area (Å²) in [6, 6.07) is 7.77. The Morgan fingerprint density at radius 3 is 2.08 bits per heavy atom. The Labute approximate surface area is 93.9 Å². The Kier molecular flexibility index (Phi) is 6.43. The van der Waals surface area contributed by atoms with Crippen LogP contribution in [0.15, 0.2) is 24.3 Å². The number of terminal acetylenes is 1. The number of anilines is 1. The first-order valence-corrected chi connectivity index (χ1v) is 5.12. The SMILES string of the molecule is C#CC(C)C.Nc1ccccc1I. The van der Waals surface area contributed by atoms with Crippen LogP contribution in [0, 0.1) is 21.8 Å². The van der Waals surface area contributed by atoms with Crippen molar-refractivity contribution >= 4 is 28.3 Å². The normalized spacial score (nSPS) is 8.54. The van der Waals surface area contributed by atoms with E-state index < -0.39 is 0 Å². The van der Waals surface area contributed by atoms with Crippen LogP contribution >= 0.6 is 22.6 Å². The monoisotopic (exact) mass is 287 g/mol. The zero-order valence-corrected chi connectivity index (χ0v) is 10.1. The van der Waals surface area contributed by atoms with Crippen molar-refractivity contribution in [2.24, 2.45) is 5.92 Å². The summed E-state index contributed by atoms with van der Waals surface area (Å²) in [4.78, 5) is 0. The summed E-state index contributed by atoms with van der Waals surface area (Å²) in [5.74, 6) is 2.94. The van der Waals surface area contributed by atoms with Crippen LogP contribution in [-0.4, -0.2) is 0 Å². The van der Waals surface area contributed by atoms with Gasteiger partial charge >= 0.3 is 0 Å². The lowest BCUT2D eigenvalue weighted by atomic mass is 10.2. The van der Waals surface area contributed by atoms with Crippen LogP contribution in [0.4, 0.5) is 5.69 Å². The fourth-order valence-corrected chi connectivity index (χ4v) is 0.862. The van der Waals surface area contributed by atoms with Gasteiger partial charge in [-0.15, -0.1) is 12.3 Å². The van der Waals surface area contributed by atoms with Gasteiger partial charge in [0.05, 0.1) is 0 Å². The number of benzene rings is 1. The lowest BCUT2D eigenvalue weighted by molar-refractivity contribution is 0.868. The fourth-order valence-electron chi connectivity index (χ4n) is 0.475. The highest BCUT2D eigenvalue weighted by molar-refractivity contribution is 14.1. The fraction of sp³-hybridized carbons (Fsp3) is 0.273. The van der Waals surface area contributed by atoms with Crippen molar-refractivity contribution < 1.29 is 0 Å². The van der Waals surface area contributed by atoms with Crippen molar-refractivity contribution in [3.8, 4) is 12.3 Å². The zero-order chi connectivity index (χ0) is 10.3. The van der Waals surface area contributed by atoms with E-state index in [1.807, 2.05) is 38.1 Å². The Bertz CT molecular complexity index is 265. The summed E-state index contributed by atoms with van der Waals surface area (Å²) < 4.78 is 1.12. The number of nitrogens with two attached hydrogens (primary N) is 1. The number of para-hydroxylation sites is 1. The van der Waals surface area contributed by atoms with E-state index in [2.05, 4.69) is 28.5 Å². The van der Waals surface area contributed by atoms with E-state index in [9.17, 15) is 0 Å². The molecule has 0 amide bonds. The molecule has 1 rings (SSSR count). The number of rotatable bonds is 0. The van der Waals surface area contributed by atoms with E-state index in [4.69, 9.17) is 12.2 Å². The van der Waals surface area contributed by atoms with Gasteiger partial charge in [-0.1, -0.05) is 26.0 Å². The van der Waals surface area contributed by atoms with Gasteiger partial charge in [0.1, 0.15) is 0 Å². The van der Waals surface area contributed by atoms with E-state index in [1.54, 1.807) is 0 Å². The first kappa shape index (κ1) is 12.3. The van der Waals surface area contributed by atoms with E-state index >= 15 is 0 Å². The minimum absolute atomic E-state index is 0.412. The Morgan fingerprint density at radius 2 is 1.85 bits per heavy atom.